The van der Waals surface area contributed by atoms with E-state index in [0.29, 0.717) is 11.4 Å². The van der Waals surface area contributed by atoms with E-state index in [1.165, 1.54) is 30.0 Å². The van der Waals surface area contributed by atoms with Crippen LogP contribution in [0.25, 0.3) is 16.5 Å². The molecule has 3 aromatic carbocycles. The predicted molar refractivity (Wildman–Crippen MR) is 121 cm³/mol. The fraction of sp³-hybridized carbons (Fsp3) is 0.0400. The molecule has 0 fully saturated rings. The number of nitrogen functional groups attached to an aromatic ring is 1. The van der Waals surface area contributed by atoms with E-state index in [1.807, 2.05) is 36.4 Å². The summed E-state index contributed by atoms with van der Waals surface area (Å²) in [6, 6.07) is 19.6. The minimum Gasteiger partial charge on any atom is -0.464 e. The standard InChI is InChI=1S/C25H16N4O4/c1-33-25(32)22-21(27)16(12-26)13-28(22)17-8-9-19-20(11-17)24(31)29(23(19)30)18-7-6-14-4-2-3-5-15(14)10-18/h2-11,13H,27H2,1H3. The van der Waals surface area contributed by atoms with Gasteiger partial charge in [-0.1, -0.05) is 30.3 Å². The van der Waals surface area contributed by atoms with E-state index in [4.69, 9.17) is 10.5 Å². The maximum absolute atomic E-state index is 13.3. The number of ether oxygens (including phenoxy) is 1. The van der Waals surface area contributed by atoms with Gasteiger partial charge in [-0.25, -0.2) is 9.69 Å². The SMILES string of the molecule is COC(=O)c1c(N)c(C#N)cn1-c1ccc2c(c1)C(=O)N(c1ccc3ccccc3c1)C2=O. The number of anilines is 2. The van der Waals surface area contributed by atoms with E-state index in [1.54, 1.807) is 18.2 Å². The molecule has 0 saturated heterocycles. The van der Waals surface area contributed by atoms with Crippen LogP contribution in [-0.4, -0.2) is 29.5 Å². The number of hydrogen-bond donors (Lipinski definition) is 1. The van der Waals surface area contributed by atoms with Crippen molar-refractivity contribution in [2.45, 2.75) is 0 Å². The summed E-state index contributed by atoms with van der Waals surface area (Å²) in [6.07, 6.45) is 1.39. The number of fused-ring (bicyclic) bond motifs is 2. The minimum absolute atomic E-state index is 0.0231. The van der Waals surface area contributed by atoms with Gasteiger partial charge in [0.15, 0.2) is 5.69 Å². The Bertz CT molecular complexity index is 1540. The monoisotopic (exact) mass is 436 g/mol. The summed E-state index contributed by atoms with van der Waals surface area (Å²) in [7, 11) is 1.21. The maximum atomic E-state index is 13.3. The number of carbonyl (C=O) groups is 3. The minimum atomic E-state index is -0.727. The number of methoxy groups -OCH3 is 1. The molecule has 2 heterocycles. The zero-order chi connectivity index (χ0) is 23.3. The second kappa shape index (κ2) is 7.35. The third-order valence-electron chi connectivity index (χ3n) is 5.68. The first-order valence-corrected chi connectivity index (χ1v) is 9.96. The average Bonchev–Trinajstić information content (AvgIpc) is 3.31. The molecule has 0 saturated carbocycles. The van der Waals surface area contributed by atoms with Crippen molar-refractivity contribution in [2.24, 2.45) is 0 Å². The number of aromatic nitrogens is 1. The summed E-state index contributed by atoms with van der Waals surface area (Å²) >= 11 is 0. The van der Waals surface area contributed by atoms with Crippen LogP contribution >= 0.6 is 0 Å². The van der Waals surface area contributed by atoms with Gasteiger partial charge in [0.2, 0.25) is 0 Å². The molecule has 160 valence electrons. The van der Waals surface area contributed by atoms with Crippen molar-refractivity contribution in [3.63, 3.8) is 0 Å². The van der Waals surface area contributed by atoms with Crippen LogP contribution in [0, 0.1) is 11.3 Å². The van der Waals surface area contributed by atoms with Crippen molar-refractivity contribution >= 4 is 39.9 Å². The highest BCUT2D eigenvalue weighted by Crippen LogP contribution is 2.33. The lowest BCUT2D eigenvalue weighted by Crippen LogP contribution is -2.29. The fourth-order valence-corrected chi connectivity index (χ4v) is 4.05. The van der Waals surface area contributed by atoms with Crippen molar-refractivity contribution in [2.75, 3.05) is 17.7 Å². The normalized spacial score (nSPS) is 12.7. The number of benzene rings is 3. The summed E-state index contributed by atoms with van der Waals surface area (Å²) in [4.78, 5) is 39.8. The molecule has 0 radical (unpaired) electrons. The van der Waals surface area contributed by atoms with Crippen LogP contribution in [-0.2, 0) is 4.74 Å². The number of esters is 1. The van der Waals surface area contributed by atoms with Gasteiger partial charge in [-0.05, 0) is 41.1 Å². The molecule has 2 amide bonds. The van der Waals surface area contributed by atoms with Gasteiger partial charge in [-0.3, -0.25) is 9.59 Å². The van der Waals surface area contributed by atoms with Crippen LogP contribution in [0.15, 0.2) is 66.9 Å². The topological polar surface area (TPSA) is 118 Å². The van der Waals surface area contributed by atoms with Crippen LogP contribution in [0.1, 0.15) is 36.8 Å². The van der Waals surface area contributed by atoms with Crippen molar-refractivity contribution in [1.82, 2.24) is 4.57 Å². The van der Waals surface area contributed by atoms with Gasteiger partial charge < -0.3 is 15.0 Å². The van der Waals surface area contributed by atoms with Gasteiger partial charge in [0, 0.05) is 11.9 Å². The predicted octanol–water partition coefficient (Wildman–Crippen LogP) is 3.67. The number of amides is 2. The largest absolute Gasteiger partial charge is 0.464 e. The number of rotatable bonds is 3. The molecule has 8 heteroatoms. The van der Waals surface area contributed by atoms with Crippen LogP contribution in [0.2, 0.25) is 0 Å². The van der Waals surface area contributed by atoms with Gasteiger partial charge >= 0.3 is 5.97 Å². The number of nitrogens with zero attached hydrogens (tertiary/aromatic N) is 3. The Kier molecular flexibility index (Phi) is 4.46. The molecule has 2 N–H and O–H groups in total. The molecule has 0 unspecified atom stereocenters. The first-order chi connectivity index (χ1) is 15.9. The van der Waals surface area contributed by atoms with E-state index >= 15 is 0 Å². The molecule has 0 aliphatic carbocycles. The zero-order valence-corrected chi connectivity index (χ0v) is 17.4. The first kappa shape index (κ1) is 20.0. The fourth-order valence-electron chi connectivity index (χ4n) is 4.05. The Morgan fingerprint density at radius 3 is 2.36 bits per heavy atom. The second-order valence-corrected chi connectivity index (χ2v) is 7.49. The third kappa shape index (κ3) is 2.95. The molecule has 1 aliphatic heterocycles. The van der Waals surface area contributed by atoms with E-state index < -0.39 is 17.8 Å². The smallest absolute Gasteiger partial charge is 0.357 e. The molecule has 5 rings (SSSR count). The maximum Gasteiger partial charge on any atom is 0.357 e. The molecule has 0 spiro atoms. The van der Waals surface area contributed by atoms with Crippen molar-refractivity contribution < 1.29 is 19.1 Å². The Hall–Kier alpha value is -4.90. The Morgan fingerprint density at radius 1 is 0.939 bits per heavy atom. The Balaban J connectivity index is 1.60. The van der Waals surface area contributed by atoms with E-state index in [0.717, 1.165) is 15.7 Å². The lowest BCUT2D eigenvalue weighted by Gasteiger charge is -2.14. The molecule has 33 heavy (non-hydrogen) atoms. The highest BCUT2D eigenvalue weighted by atomic mass is 16.5. The third-order valence-corrected chi connectivity index (χ3v) is 5.68. The van der Waals surface area contributed by atoms with Crippen LogP contribution in [0.4, 0.5) is 11.4 Å². The highest BCUT2D eigenvalue weighted by Gasteiger charge is 2.37. The van der Waals surface area contributed by atoms with Crippen molar-refractivity contribution in [3.8, 4) is 11.8 Å². The first-order valence-electron chi connectivity index (χ1n) is 9.96. The number of nitrogens with two attached hydrogens (primary N) is 1. The summed E-state index contributed by atoms with van der Waals surface area (Å²) in [5.41, 5.74) is 7.29. The quantitative estimate of drug-likeness (QED) is 0.387. The van der Waals surface area contributed by atoms with Crippen LogP contribution < -0.4 is 10.6 Å². The summed E-state index contributed by atoms with van der Waals surface area (Å²) in [5.74, 6) is -1.64. The van der Waals surface area contributed by atoms with Gasteiger partial charge in [0.25, 0.3) is 11.8 Å². The average molecular weight is 436 g/mol. The summed E-state index contributed by atoms with van der Waals surface area (Å²) < 4.78 is 6.18. The van der Waals surface area contributed by atoms with E-state index in [9.17, 15) is 19.6 Å². The molecule has 1 aromatic heterocycles. The molecule has 0 bridgehead atoms. The van der Waals surface area contributed by atoms with Crippen molar-refractivity contribution in [1.29, 1.82) is 5.26 Å². The Morgan fingerprint density at radius 2 is 1.64 bits per heavy atom. The molecule has 4 aromatic rings. The lowest BCUT2D eigenvalue weighted by atomic mass is 10.1. The molecule has 8 nitrogen and oxygen atoms in total. The second-order valence-electron chi connectivity index (χ2n) is 7.49. The zero-order valence-electron chi connectivity index (χ0n) is 17.4. The number of imide groups is 1. The van der Waals surface area contributed by atoms with Crippen molar-refractivity contribution in [3.05, 3.63) is 89.2 Å². The summed E-state index contributed by atoms with van der Waals surface area (Å²) in [5, 5.41) is 11.2. The Labute approximate surface area is 188 Å². The van der Waals surface area contributed by atoms with E-state index in [-0.39, 0.29) is 28.1 Å². The molecular weight excluding hydrogens is 420 g/mol. The van der Waals surface area contributed by atoms with Crippen LogP contribution in [0.5, 0.6) is 0 Å². The number of hydrogen-bond acceptors (Lipinski definition) is 6. The molecular formula is C25H16N4O4. The number of nitriles is 1. The van der Waals surface area contributed by atoms with Gasteiger partial charge in [-0.2, -0.15) is 5.26 Å². The highest BCUT2D eigenvalue weighted by molar-refractivity contribution is 6.34. The molecule has 1 aliphatic rings. The van der Waals surface area contributed by atoms with Gasteiger partial charge in [0.1, 0.15) is 6.07 Å². The molecule has 0 atom stereocenters. The van der Waals surface area contributed by atoms with Gasteiger partial charge in [-0.15, -0.1) is 0 Å². The van der Waals surface area contributed by atoms with Gasteiger partial charge in [0.05, 0.1) is 35.2 Å². The van der Waals surface area contributed by atoms with Crippen LogP contribution in [0.3, 0.4) is 0 Å². The number of carbonyl (C=O) groups excluding carboxylic acids is 3. The lowest BCUT2D eigenvalue weighted by molar-refractivity contribution is 0.0592. The van der Waals surface area contributed by atoms with E-state index in [2.05, 4.69) is 0 Å². The summed E-state index contributed by atoms with van der Waals surface area (Å²) in [6.45, 7) is 0.